The zero-order valence-electron chi connectivity index (χ0n) is 22.0. The molecule has 36 heavy (non-hydrogen) atoms. The topological polar surface area (TPSA) is 85.7 Å². The first-order chi connectivity index (χ1) is 17.2. The molecule has 2 saturated heterocycles. The summed E-state index contributed by atoms with van der Waals surface area (Å²) in [6.45, 7) is 12.8. The highest BCUT2D eigenvalue weighted by Crippen LogP contribution is 2.43. The molecule has 4 aromatic rings. The van der Waals surface area contributed by atoms with Gasteiger partial charge in [0.15, 0.2) is 5.65 Å². The van der Waals surface area contributed by atoms with Crippen LogP contribution in [0.4, 0.5) is 5.82 Å². The SMILES string of the molecule is Cc1c(-c2[nH]c3ccc(N4CC5(CN(C(=O)CN(C)C)C5)C4)nc3c2C(C)C)cn2ncnc2c1C. The molecule has 0 bridgehead atoms. The first-order valence-corrected chi connectivity index (χ1v) is 12.7. The summed E-state index contributed by atoms with van der Waals surface area (Å²) < 4.78 is 1.86. The van der Waals surface area contributed by atoms with E-state index in [-0.39, 0.29) is 11.3 Å². The summed E-state index contributed by atoms with van der Waals surface area (Å²) in [5.41, 5.74) is 9.01. The van der Waals surface area contributed by atoms with Crippen LogP contribution in [0.2, 0.25) is 0 Å². The highest BCUT2D eigenvalue weighted by molar-refractivity contribution is 5.90. The monoisotopic (exact) mass is 486 g/mol. The summed E-state index contributed by atoms with van der Waals surface area (Å²) in [5.74, 6) is 1.53. The van der Waals surface area contributed by atoms with Crippen molar-refractivity contribution in [3.8, 4) is 11.3 Å². The van der Waals surface area contributed by atoms with Gasteiger partial charge < -0.3 is 19.7 Å². The summed E-state index contributed by atoms with van der Waals surface area (Å²) in [7, 11) is 3.88. The van der Waals surface area contributed by atoms with Gasteiger partial charge in [0.05, 0.1) is 23.3 Å². The molecule has 9 heteroatoms. The molecule has 0 saturated carbocycles. The molecule has 1 amide bonds. The maximum absolute atomic E-state index is 12.3. The summed E-state index contributed by atoms with van der Waals surface area (Å²) in [6, 6.07) is 4.27. The number of H-pyrrole nitrogens is 1. The smallest absolute Gasteiger partial charge is 0.236 e. The van der Waals surface area contributed by atoms with Crippen LogP contribution in [0.15, 0.2) is 24.7 Å². The predicted molar refractivity (Wildman–Crippen MR) is 141 cm³/mol. The van der Waals surface area contributed by atoms with E-state index < -0.39 is 0 Å². The van der Waals surface area contributed by atoms with Crippen LogP contribution in [-0.2, 0) is 4.79 Å². The number of aromatic amines is 1. The van der Waals surface area contributed by atoms with Crippen LogP contribution in [0.25, 0.3) is 27.9 Å². The lowest BCUT2D eigenvalue weighted by Crippen LogP contribution is -2.73. The third-order valence-corrected chi connectivity index (χ3v) is 7.87. The molecule has 0 radical (unpaired) electrons. The Morgan fingerprint density at radius 1 is 1.14 bits per heavy atom. The van der Waals surface area contributed by atoms with Crippen molar-refractivity contribution in [1.82, 2.24) is 34.4 Å². The number of nitrogens with zero attached hydrogens (tertiary/aromatic N) is 7. The second-order valence-electron chi connectivity index (χ2n) is 11.3. The van der Waals surface area contributed by atoms with Crippen LogP contribution >= 0.6 is 0 Å². The van der Waals surface area contributed by atoms with Gasteiger partial charge in [0.1, 0.15) is 12.1 Å². The Labute approximate surface area is 211 Å². The van der Waals surface area contributed by atoms with Crippen molar-refractivity contribution >= 4 is 28.4 Å². The lowest BCUT2D eigenvalue weighted by atomic mass is 9.72. The molecule has 0 atom stereocenters. The fourth-order valence-corrected chi connectivity index (χ4v) is 5.92. The van der Waals surface area contributed by atoms with Crippen molar-refractivity contribution in [2.24, 2.45) is 5.41 Å². The fraction of sp³-hybridized carbons (Fsp3) is 0.481. The van der Waals surface area contributed by atoms with Crippen LogP contribution in [0.1, 0.15) is 36.5 Å². The number of nitrogens with one attached hydrogen (secondary N) is 1. The van der Waals surface area contributed by atoms with Crippen LogP contribution in [0.5, 0.6) is 0 Å². The predicted octanol–water partition coefficient (Wildman–Crippen LogP) is 3.22. The molecule has 188 valence electrons. The summed E-state index contributed by atoms with van der Waals surface area (Å²) in [5, 5.41) is 4.39. The van der Waals surface area contributed by atoms with E-state index >= 15 is 0 Å². The molecule has 0 aromatic carbocycles. The van der Waals surface area contributed by atoms with Gasteiger partial charge in [0, 0.05) is 48.9 Å². The van der Waals surface area contributed by atoms with Crippen molar-refractivity contribution in [3.05, 3.63) is 41.3 Å². The van der Waals surface area contributed by atoms with E-state index in [1.54, 1.807) is 6.33 Å². The number of carbonyl (C=O) groups is 1. The zero-order valence-corrected chi connectivity index (χ0v) is 22.0. The standard InChI is InChI=1S/C27H34N8O/c1-16(2)23-24(19-9-35-26(28-15-29-35)18(4)17(19)3)30-20-7-8-21(31-25(20)23)33-11-27(12-33)13-34(14-27)22(36)10-32(5)6/h7-9,15-16,30H,10-14H2,1-6H3. The molecule has 0 unspecified atom stereocenters. The van der Waals surface area contributed by atoms with E-state index in [9.17, 15) is 4.79 Å². The molecule has 9 nitrogen and oxygen atoms in total. The van der Waals surface area contributed by atoms with Gasteiger partial charge >= 0.3 is 0 Å². The number of aromatic nitrogens is 5. The average molecular weight is 487 g/mol. The van der Waals surface area contributed by atoms with Crippen LogP contribution in [0.3, 0.4) is 0 Å². The Morgan fingerprint density at radius 2 is 1.89 bits per heavy atom. The minimum absolute atomic E-state index is 0.222. The van der Waals surface area contributed by atoms with Crippen molar-refractivity contribution in [1.29, 1.82) is 0 Å². The first-order valence-electron chi connectivity index (χ1n) is 12.7. The van der Waals surface area contributed by atoms with Crippen molar-refractivity contribution in [3.63, 3.8) is 0 Å². The number of hydrogen-bond acceptors (Lipinski definition) is 6. The van der Waals surface area contributed by atoms with E-state index in [2.05, 4.69) is 66.0 Å². The van der Waals surface area contributed by atoms with E-state index in [4.69, 9.17) is 4.98 Å². The minimum atomic E-state index is 0.222. The molecule has 2 fully saturated rings. The second-order valence-corrected chi connectivity index (χ2v) is 11.3. The largest absolute Gasteiger partial charge is 0.355 e. The number of likely N-dealkylation sites (tertiary alicyclic amines) is 1. The molecule has 1 N–H and O–H groups in total. The Hall–Kier alpha value is -3.46. The molecule has 2 aliphatic heterocycles. The quantitative estimate of drug-likeness (QED) is 0.466. The summed E-state index contributed by atoms with van der Waals surface area (Å²) in [4.78, 5) is 31.8. The maximum Gasteiger partial charge on any atom is 0.236 e. The number of carbonyl (C=O) groups excluding carboxylic acids is 1. The number of amides is 1. The van der Waals surface area contributed by atoms with E-state index in [0.717, 1.165) is 65.5 Å². The number of rotatable bonds is 5. The molecule has 6 rings (SSSR count). The second kappa shape index (κ2) is 8.03. The number of aryl methyl sites for hydroxylation is 1. The third kappa shape index (κ3) is 3.48. The number of hydrogen-bond donors (Lipinski definition) is 1. The number of anilines is 1. The van der Waals surface area contributed by atoms with Gasteiger partial charge in [-0.15, -0.1) is 0 Å². The van der Waals surface area contributed by atoms with Gasteiger partial charge in [-0.25, -0.2) is 14.5 Å². The van der Waals surface area contributed by atoms with E-state index in [1.807, 2.05) is 28.4 Å². The molecule has 6 heterocycles. The van der Waals surface area contributed by atoms with E-state index in [1.165, 1.54) is 11.1 Å². The summed E-state index contributed by atoms with van der Waals surface area (Å²) in [6.07, 6.45) is 3.68. The van der Waals surface area contributed by atoms with Gasteiger partial charge in [-0.2, -0.15) is 5.10 Å². The molecule has 1 spiro atoms. The van der Waals surface area contributed by atoms with Gasteiger partial charge in [0.2, 0.25) is 5.91 Å². The van der Waals surface area contributed by atoms with Crippen molar-refractivity contribution in [2.75, 3.05) is 51.7 Å². The highest BCUT2D eigenvalue weighted by Gasteiger charge is 2.53. The summed E-state index contributed by atoms with van der Waals surface area (Å²) >= 11 is 0. The average Bonchev–Trinajstić information content (AvgIpc) is 3.38. The number of fused-ring (bicyclic) bond motifs is 2. The van der Waals surface area contributed by atoms with Gasteiger partial charge in [-0.1, -0.05) is 13.8 Å². The lowest BCUT2D eigenvalue weighted by molar-refractivity contribution is -0.145. The normalized spacial score (nSPS) is 17.0. The zero-order chi connectivity index (χ0) is 25.4. The number of likely N-dealkylation sites (N-methyl/N-ethyl adjacent to an activating group) is 1. The highest BCUT2D eigenvalue weighted by atomic mass is 16.2. The third-order valence-electron chi connectivity index (χ3n) is 7.87. The van der Waals surface area contributed by atoms with Gasteiger partial charge in [0.25, 0.3) is 0 Å². The Kier molecular flexibility index (Phi) is 5.12. The van der Waals surface area contributed by atoms with E-state index in [0.29, 0.717) is 12.5 Å². The first kappa shape index (κ1) is 23.0. The van der Waals surface area contributed by atoms with Crippen LogP contribution < -0.4 is 4.90 Å². The Bertz CT molecular complexity index is 1480. The van der Waals surface area contributed by atoms with Crippen LogP contribution in [0, 0.1) is 19.3 Å². The lowest BCUT2D eigenvalue weighted by Gasteiger charge is -2.60. The molecular weight excluding hydrogens is 452 g/mol. The van der Waals surface area contributed by atoms with Gasteiger partial charge in [-0.05, 0) is 57.1 Å². The molecule has 0 aliphatic carbocycles. The molecular formula is C27H34N8O. The van der Waals surface area contributed by atoms with Crippen LogP contribution in [-0.4, -0.2) is 87.1 Å². The Morgan fingerprint density at radius 3 is 2.58 bits per heavy atom. The molecule has 2 aliphatic rings. The van der Waals surface area contributed by atoms with Crippen molar-refractivity contribution < 1.29 is 4.79 Å². The fourth-order valence-electron chi connectivity index (χ4n) is 5.92. The van der Waals surface area contributed by atoms with Crippen molar-refractivity contribution in [2.45, 2.75) is 33.6 Å². The number of pyridine rings is 2. The maximum atomic E-state index is 12.3. The minimum Gasteiger partial charge on any atom is -0.355 e. The molecule has 4 aromatic heterocycles. The van der Waals surface area contributed by atoms with Gasteiger partial charge in [-0.3, -0.25) is 4.79 Å². The Balaban J connectivity index is 1.29.